The lowest BCUT2D eigenvalue weighted by atomic mass is 9.87. The molecule has 1 amide bonds. The fourth-order valence-electron chi connectivity index (χ4n) is 3.24. The van der Waals surface area contributed by atoms with Crippen LogP contribution in [0.4, 0.5) is 0 Å². The van der Waals surface area contributed by atoms with Crippen molar-refractivity contribution >= 4 is 26.5 Å². The van der Waals surface area contributed by atoms with Crippen molar-refractivity contribution in [3.8, 4) is 17.0 Å². The normalized spacial score (nSPS) is 13.1. The molecule has 2 aromatic rings. The van der Waals surface area contributed by atoms with E-state index >= 15 is 0 Å². The Labute approximate surface area is 214 Å². The molecule has 2 N–H and O–H groups in total. The van der Waals surface area contributed by atoms with Crippen molar-refractivity contribution in [3.05, 3.63) is 47.2 Å². The molecule has 0 saturated carbocycles. The van der Waals surface area contributed by atoms with Crippen LogP contribution in [0.25, 0.3) is 11.1 Å². The van der Waals surface area contributed by atoms with Crippen molar-refractivity contribution in [2.45, 2.75) is 65.7 Å². The van der Waals surface area contributed by atoms with Gasteiger partial charge in [0.2, 0.25) is 5.88 Å². The first-order valence-electron chi connectivity index (χ1n) is 11.8. The molecule has 1 atom stereocenters. The Morgan fingerprint density at radius 1 is 1.08 bits per heavy atom. The molecule has 196 valence electrons. The van der Waals surface area contributed by atoms with E-state index in [-0.39, 0.29) is 44.8 Å². The van der Waals surface area contributed by atoms with Crippen LogP contribution in [0.1, 0.15) is 72.7 Å². The second-order valence-electron chi connectivity index (χ2n) is 11.4. The number of amides is 1. The molecule has 1 unspecified atom stereocenters. The summed E-state index contributed by atoms with van der Waals surface area (Å²) in [7, 11) is -0.609. The van der Waals surface area contributed by atoms with Crippen molar-refractivity contribution in [3.63, 3.8) is 0 Å². The summed E-state index contributed by atoms with van der Waals surface area (Å²) in [5.74, 6) is -1.38. The molecular weight excluding hydrogens is 476 g/mol. The number of nitrogens with one attached hydrogen (secondary N) is 1. The van der Waals surface area contributed by atoms with Crippen molar-refractivity contribution in [2.24, 2.45) is 5.41 Å². The molecule has 0 saturated heterocycles. The SMILES string of the molecule is COc1ccc(-c2ccc(C(=O)NC(CO[Si](C)(C)C(C)(C)C)C(C)(C)C)cc2C(=O)O)c(C=O)n1. The molecule has 1 heterocycles. The first kappa shape index (κ1) is 29.2. The number of nitrogens with zero attached hydrogens (tertiary/aromatic N) is 1. The molecule has 1 aromatic carbocycles. The summed E-state index contributed by atoms with van der Waals surface area (Å²) in [6, 6.07) is 7.22. The molecule has 36 heavy (non-hydrogen) atoms. The Balaban J connectivity index is 2.39. The molecule has 0 radical (unpaired) electrons. The maximum atomic E-state index is 13.2. The highest BCUT2D eigenvalue weighted by molar-refractivity contribution is 6.74. The van der Waals surface area contributed by atoms with E-state index in [4.69, 9.17) is 9.16 Å². The molecular formula is C27H38N2O6Si. The van der Waals surface area contributed by atoms with E-state index in [1.165, 1.54) is 19.2 Å². The number of hydrogen-bond acceptors (Lipinski definition) is 6. The van der Waals surface area contributed by atoms with E-state index < -0.39 is 20.2 Å². The number of carbonyl (C=O) groups excluding carboxylic acids is 2. The third-order valence-electron chi connectivity index (χ3n) is 6.79. The number of pyridine rings is 1. The predicted octanol–water partition coefficient (Wildman–Crippen LogP) is 5.43. The van der Waals surface area contributed by atoms with Crippen LogP contribution >= 0.6 is 0 Å². The van der Waals surface area contributed by atoms with Crippen LogP contribution in [-0.2, 0) is 4.43 Å². The van der Waals surface area contributed by atoms with E-state index in [0.717, 1.165) is 0 Å². The summed E-state index contributed by atoms with van der Waals surface area (Å²) >= 11 is 0. The number of aromatic carboxylic acids is 1. The molecule has 2 rings (SSSR count). The maximum absolute atomic E-state index is 13.2. The van der Waals surface area contributed by atoms with E-state index in [1.807, 2.05) is 20.8 Å². The lowest BCUT2D eigenvalue weighted by Crippen LogP contribution is -2.51. The minimum absolute atomic E-state index is 0.0301. The van der Waals surface area contributed by atoms with Crippen LogP contribution in [0.2, 0.25) is 18.1 Å². The number of ether oxygens (including phenoxy) is 1. The number of aromatic nitrogens is 1. The number of carboxylic acids is 1. The standard InChI is InChI=1S/C27H38N2O6Si/c1-26(2,3)22(16-35-36(8,9)27(4,5)6)29-24(31)17-10-11-18(20(14-17)25(32)33)19-12-13-23(34-7)28-21(19)15-30/h10-15,22H,16H2,1-9H3,(H,29,31)(H,32,33). The molecule has 0 fully saturated rings. The highest BCUT2D eigenvalue weighted by Crippen LogP contribution is 2.37. The van der Waals surface area contributed by atoms with E-state index in [0.29, 0.717) is 18.5 Å². The van der Waals surface area contributed by atoms with Gasteiger partial charge in [-0.3, -0.25) is 9.59 Å². The molecule has 1 aromatic heterocycles. The first-order chi connectivity index (χ1) is 16.5. The Bertz CT molecular complexity index is 1130. The second kappa shape index (κ2) is 10.9. The predicted molar refractivity (Wildman–Crippen MR) is 142 cm³/mol. The van der Waals surface area contributed by atoms with Crippen LogP contribution in [0, 0.1) is 5.41 Å². The quantitative estimate of drug-likeness (QED) is 0.338. The number of carbonyl (C=O) groups is 3. The summed E-state index contributed by atoms with van der Waals surface area (Å²) in [5.41, 5.74) is 0.468. The van der Waals surface area contributed by atoms with E-state index in [9.17, 15) is 19.5 Å². The summed E-state index contributed by atoms with van der Waals surface area (Å²) < 4.78 is 11.4. The van der Waals surface area contributed by atoms with Gasteiger partial charge in [-0.15, -0.1) is 0 Å². The molecule has 0 aliphatic heterocycles. The average molecular weight is 515 g/mol. The summed E-state index contributed by atoms with van der Waals surface area (Å²) in [6.45, 7) is 17.2. The largest absolute Gasteiger partial charge is 0.481 e. The van der Waals surface area contributed by atoms with E-state index in [2.05, 4.69) is 44.2 Å². The third kappa shape index (κ3) is 6.79. The lowest BCUT2D eigenvalue weighted by Gasteiger charge is -2.39. The van der Waals surface area contributed by atoms with Gasteiger partial charge >= 0.3 is 5.97 Å². The van der Waals surface area contributed by atoms with Gasteiger partial charge < -0.3 is 19.6 Å². The van der Waals surface area contributed by atoms with Crippen LogP contribution in [0.3, 0.4) is 0 Å². The summed E-state index contributed by atoms with van der Waals surface area (Å²) in [5, 5.41) is 12.9. The monoisotopic (exact) mass is 514 g/mol. The van der Waals surface area contributed by atoms with Crippen LogP contribution in [0.5, 0.6) is 5.88 Å². The van der Waals surface area contributed by atoms with Gasteiger partial charge in [0.1, 0.15) is 5.69 Å². The van der Waals surface area contributed by atoms with Crippen LogP contribution < -0.4 is 10.1 Å². The second-order valence-corrected chi connectivity index (χ2v) is 16.2. The zero-order valence-electron chi connectivity index (χ0n) is 22.7. The van der Waals surface area contributed by atoms with Crippen LogP contribution in [0.15, 0.2) is 30.3 Å². The van der Waals surface area contributed by atoms with Gasteiger partial charge in [0, 0.05) is 17.2 Å². The minimum atomic E-state index is -2.03. The highest BCUT2D eigenvalue weighted by atomic mass is 28.4. The van der Waals surface area contributed by atoms with Crippen molar-refractivity contribution in [2.75, 3.05) is 13.7 Å². The number of carboxylic acid groups (broad SMARTS) is 1. The number of aldehydes is 1. The van der Waals surface area contributed by atoms with E-state index in [1.54, 1.807) is 18.2 Å². The Morgan fingerprint density at radius 2 is 1.69 bits per heavy atom. The smallest absolute Gasteiger partial charge is 0.336 e. The number of methoxy groups -OCH3 is 1. The zero-order valence-corrected chi connectivity index (χ0v) is 23.7. The number of hydrogen-bond donors (Lipinski definition) is 2. The molecule has 0 spiro atoms. The highest BCUT2D eigenvalue weighted by Gasteiger charge is 2.39. The van der Waals surface area contributed by atoms with Crippen molar-refractivity contribution < 1.29 is 28.7 Å². The Hall–Kier alpha value is -3.04. The molecule has 0 bridgehead atoms. The molecule has 0 aliphatic rings. The molecule has 0 aliphatic carbocycles. The van der Waals surface area contributed by atoms with Crippen molar-refractivity contribution in [1.29, 1.82) is 0 Å². The minimum Gasteiger partial charge on any atom is -0.481 e. The average Bonchev–Trinajstić information content (AvgIpc) is 2.79. The number of rotatable bonds is 9. The zero-order chi connectivity index (χ0) is 27.5. The lowest BCUT2D eigenvalue weighted by molar-refractivity contribution is 0.0697. The Morgan fingerprint density at radius 3 is 2.19 bits per heavy atom. The topological polar surface area (TPSA) is 115 Å². The molecule has 8 nitrogen and oxygen atoms in total. The van der Waals surface area contributed by atoms with Gasteiger partial charge in [-0.2, -0.15) is 0 Å². The first-order valence-corrected chi connectivity index (χ1v) is 14.8. The maximum Gasteiger partial charge on any atom is 0.336 e. The van der Waals surface area contributed by atoms with Gasteiger partial charge in [0.25, 0.3) is 5.91 Å². The molecule has 9 heteroatoms. The van der Waals surface area contributed by atoms with Crippen LogP contribution in [-0.4, -0.2) is 56.3 Å². The van der Waals surface area contributed by atoms with Gasteiger partial charge in [-0.1, -0.05) is 47.6 Å². The van der Waals surface area contributed by atoms with Crippen molar-refractivity contribution in [1.82, 2.24) is 10.3 Å². The number of benzene rings is 1. The fraction of sp³-hybridized carbons (Fsp3) is 0.481. The van der Waals surface area contributed by atoms with Gasteiger partial charge in [0.15, 0.2) is 14.6 Å². The Kier molecular flexibility index (Phi) is 8.85. The third-order valence-corrected chi connectivity index (χ3v) is 11.3. The fourth-order valence-corrected chi connectivity index (χ4v) is 4.26. The van der Waals surface area contributed by atoms with Gasteiger partial charge in [-0.25, -0.2) is 9.78 Å². The summed E-state index contributed by atoms with van der Waals surface area (Å²) in [4.78, 5) is 41.0. The van der Waals surface area contributed by atoms with Gasteiger partial charge in [0.05, 0.1) is 25.3 Å². The van der Waals surface area contributed by atoms with Gasteiger partial charge in [-0.05, 0) is 47.3 Å². The summed E-state index contributed by atoms with van der Waals surface area (Å²) in [6.07, 6.45) is 0.542.